The van der Waals surface area contributed by atoms with Gasteiger partial charge in [-0.05, 0) is 6.92 Å². The van der Waals surface area contributed by atoms with Crippen LogP contribution in [0.1, 0.15) is 6.92 Å². The summed E-state index contributed by atoms with van der Waals surface area (Å²) in [6.07, 6.45) is -4.62. The summed E-state index contributed by atoms with van der Waals surface area (Å²) in [5, 5.41) is 36.0. The summed E-state index contributed by atoms with van der Waals surface area (Å²) in [5.41, 5.74) is -1.62. The quantitative estimate of drug-likeness (QED) is 0.406. The van der Waals surface area contributed by atoms with Crippen LogP contribution in [0, 0.1) is 6.61 Å². The molecule has 0 bridgehead atoms. The van der Waals surface area contributed by atoms with Gasteiger partial charge in [0.15, 0.2) is 6.10 Å². The molecule has 75 valence electrons. The Morgan fingerprint density at radius 3 is 2.54 bits per heavy atom. The van der Waals surface area contributed by atoms with E-state index in [1.54, 1.807) is 0 Å². The van der Waals surface area contributed by atoms with E-state index in [4.69, 9.17) is 10.2 Å². The van der Waals surface area contributed by atoms with E-state index in [1.807, 2.05) is 0 Å². The van der Waals surface area contributed by atoms with Gasteiger partial charge in [0.05, 0.1) is 0 Å². The molecule has 1 aliphatic rings. The Balaban J connectivity index is 2.70. The molecule has 0 aromatic carbocycles. The predicted octanol–water partition coefficient (Wildman–Crippen LogP) is -1.90. The Morgan fingerprint density at radius 2 is 2.23 bits per heavy atom. The lowest BCUT2D eigenvalue weighted by Crippen LogP contribution is -2.46. The minimum atomic E-state index is -1.85. The van der Waals surface area contributed by atoms with Gasteiger partial charge in [0.25, 0.3) is 0 Å². The van der Waals surface area contributed by atoms with E-state index in [0.717, 1.165) is 6.61 Å². The number of carboxylic acids is 1. The van der Waals surface area contributed by atoms with Gasteiger partial charge in [0, 0.05) is 0 Å². The first-order valence-electron chi connectivity index (χ1n) is 3.67. The first-order chi connectivity index (χ1) is 5.86. The summed E-state index contributed by atoms with van der Waals surface area (Å²) in [5.74, 6) is -1.50. The number of carbonyl (C=O) groups is 1. The van der Waals surface area contributed by atoms with E-state index in [0.29, 0.717) is 0 Å². The van der Waals surface area contributed by atoms with Crippen LogP contribution >= 0.6 is 0 Å². The molecule has 4 atom stereocenters. The Morgan fingerprint density at radius 1 is 1.69 bits per heavy atom. The molecule has 13 heavy (non-hydrogen) atoms. The second-order valence-electron chi connectivity index (χ2n) is 3.17. The normalized spacial score (nSPS) is 41.8. The maximum atomic E-state index is 10.3. The average molecular weight is 191 g/mol. The molecule has 6 heteroatoms. The third-order valence-corrected chi connectivity index (χ3v) is 1.94. The van der Waals surface area contributed by atoms with Crippen LogP contribution in [0.5, 0.6) is 0 Å². The molecule has 0 aromatic rings. The fourth-order valence-corrected chi connectivity index (χ4v) is 1.08. The van der Waals surface area contributed by atoms with Gasteiger partial charge in [-0.3, -0.25) is 0 Å². The van der Waals surface area contributed by atoms with E-state index < -0.39 is 29.9 Å². The molecule has 1 rings (SSSR count). The van der Waals surface area contributed by atoms with Crippen molar-refractivity contribution in [2.24, 2.45) is 0 Å². The second-order valence-corrected chi connectivity index (χ2v) is 3.17. The van der Waals surface area contributed by atoms with Crippen molar-refractivity contribution in [2.45, 2.75) is 30.8 Å². The number of hydrogen-bond acceptors (Lipinski definition) is 5. The summed E-state index contributed by atoms with van der Waals surface area (Å²) in [7, 11) is 0. The molecule has 0 aromatic heterocycles. The van der Waals surface area contributed by atoms with E-state index in [1.165, 1.54) is 6.92 Å². The predicted molar refractivity (Wildman–Crippen MR) is 39.4 cm³/mol. The Kier molecular flexibility index (Phi) is 2.58. The summed E-state index contributed by atoms with van der Waals surface area (Å²) < 4.78 is 4.65. The molecule has 1 fully saturated rings. The molecule has 1 unspecified atom stereocenters. The van der Waals surface area contributed by atoms with Crippen LogP contribution in [-0.4, -0.2) is 50.3 Å². The molecule has 1 radical (unpaired) electrons. The summed E-state index contributed by atoms with van der Waals surface area (Å²) in [6, 6.07) is 0. The van der Waals surface area contributed by atoms with E-state index >= 15 is 0 Å². The highest BCUT2D eigenvalue weighted by Crippen LogP contribution is 2.29. The average Bonchev–Trinajstić information content (AvgIpc) is 2.27. The van der Waals surface area contributed by atoms with Gasteiger partial charge in [-0.1, -0.05) is 0 Å². The van der Waals surface area contributed by atoms with Crippen LogP contribution in [0.25, 0.3) is 0 Å². The fourth-order valence-electron chi connectivity index (χ4n) is 1.08. The largest absolute Gasteiger partial charge is 0.479 e. The lowest BCUT2D eigenvalue weighted by molar-refractivity contribution is -0.157. The van der Waals surface area contributed by atoms with Crippen LogP contribution in [0.15, 0.2) is 0 Å². The molecule has 1 saturated heterocycles. The number of rotatable bonds is 2. The van der Waals surface area contributed by atoms with Crippen molar-refractivity contribution in [2.75, 3.05) is 0 Å². The highest BCUT2D eigenvalue weighted by atomic mass is 16.6. The number of carboxylic acid groups (broad SMARTS) is 1. The summed E-state index contributed by atoms with van der Waals surface area (Å²) in [6.45, 7) is 2.17. The van der Waals surface area contributed by atoms with Crippen molar-refractivity contribution in [1.82, 2.24) is 0 Å². The monoisotopic (exact) mass is 191 g/mol. The highest BCUT2D eigenvalue weighted by molar-refractivity contribution is 5.73. The lowest BCUT2D eigenvalue weighted by atomic mass is 9.96. The van der Waals surface area contributed by atoms with Gasteiger partial charge in [-0.2, -0.15) is 0 Å². The third kappa shape index (κ3) is 1.80. The van der Waals surface area contributed by atoms with Crippen LogP contribution in [-0.2, 0) is 9.53 Å². The smallest absolute Gasteiger partial charge is 0.335 e. The molecule has 1 aliphatic heterocycles. The standard InChI is InChI=1S/C7H11O6/c1-7(12)2-13-4(5(7)9)3(8)6(10)11/h2-5,8-9,12H,1H3,(H,10,11)/t3?,4-,5-,7+/m1/s1. The van der Waals surface area contributed by atoms with Crippen molar-refractivity contribution in [3.63, 3.8) is 0 Å². The molecule has 4 N–H and O–H groups in total. The molecule has 0 aliphatic carbocycles. The van der Waals surface area contributed by atoms with Crippen molar-refractivity contribution < 1.29 is 30.0 Å². The van der Waals surface area contributed by atoms with E-state index in [-0.39, 0.29) is 0 Å². The first kappa shape index (κ1) is 10.4. The van der Waals surface area contributed by atoms with Crippen molar-refractivity contribution in [1.29, 1.82) is 0 Å². The van der Waals surface area contributed by atoms with Crippen LogP contribution < -0.4 is 0 Å². The number of aliphatic hydroxyl groups excluding tert-OH is 2. The van der Waals surface area contributed by atoms with Crippen molar-refractivity contribution in [3.05, 3.63) is 6.61 Å². The Hall–Kier alpha value is -0.690. The fraction of sp³-hybridized carbons (Fsp3) is 0.714. The summed E-state index contributed by atoms with van der Waals surface area (Å²) in [4.78, 5) is 10.3. The number of ether oxygens (including phenoxy) is 1. The minimum Gasteiger partial charge on any atom is -0.479 e. The number of hydrogen-bond donors (Lipinski definition) is 4. The highest BCUT2D eigenvalue weighted by Gasteiger charge is 2.49. The van der Waals surface area contributed by atoms with Gasteiger partial charge in [-0.25, -0.2) is 4.79 Å². The van der Waals surface area contributed by atoms with Gasteiger partial charge in [-0.15, -0.1) is 0 Å². The van der Waals surface area contributed by atoms with Gasteiger partial charge in [0.2, 0.25) is 0 Å². The van der Waals surface area contributed by atoms with E-state index in [9.17, 15) is 15.0 Å². The maximum absolute atomic E-state index is 10.3. The zero-order valence-electron chi connectivity index (χ0n) is 6.91. The topological polar surface area (TPSA) is 107 Å². The molecular weight excluding hydrogens is 180 g/mol. The lowest BCUT2D eigenvalue weighted by Gasteiger charge is -2.22. The van der Waals surface area contributed by atoms with Crippen LogP contribution in [0.2, 0.25) is 0 Å². The van der Waals surface area contributed by atoms with Crippen LogP contribution in [0.3, 0.4) is 0 Å². The molecular formula is C7H11O6. The molecule has 1 heterocycles. The number of aliphatic carboxylic acids is 1. The van der Waals surface area contributed by atoms with Gasteiger partial charge in [0.1, 0.15) is 24.4 Å². The zero-order chi connectivity index (χ0) is 10.2. The Labute approximate surface area is 74.4 Å². The minimum absolute atomic E-state index is 0.911. The zero-order valence-corrected chi connectivity index (χ0v) is 6.91. The third-order valence-electron chi connectivity index (χ3n) is 1.94. The molecule has 0 spiro atoms. The molecule has 0 amide bonds. The molecule has 0 saturated carbocycles. The van der Waals surface area contributed by atoms with Gasteiger partial charge >= 0.3 is 5.97 Å². The SMILES string of the molecule is C[C@]1(O)[CH]O[C@H](C(O)C(=O)O)[C@H]1O. The second kappa shape index (κ2) is 3.22. The number of aliphatic hydroxyl groups is 3. The summed E-state index contributed by atoms with van der Waals surface area (Å²) >= 11 is 0. The van der Waals surface area contributed by atoms with Gasteiger partial charge < -0.3 is 25.2 Å². The molecule has 6 nitrogen and oxygen atoms in total. The van der Waals surface area contributed by atoms with E-state index in [2.05, 4.69) is 4.74 Å². The maximum Gasteiger partial charge on any atom is 0.335 e. The Bertz CT molecular complexity index is 213. The van der Waals surface area contributed by atoms with Crippen molar-refractivity contribution >= 4 is 5.97 Å². The van der Waals surface area contributed by atoms with Crippen LogP contribution in [0.4, 0.5) is 0 Å². The first-order valence-corrected chi connectivity index (χ1v) is 3.67. The van der Waals surface area contributed by atoms with Crippen molar-refractivity contribution in [3.8, 4) is 0 Å².